The Bertz CT molecular complexity index is 1440. The summed E-state index contributed by atoms with van der Waals surface area (Å²) in [6.45, 7) is 4.34. The number of hydrogen-bond acceptors (Lipinski definition) is 8. The van der Waals surface area contributed by atoms with Gasteiger partial charge in [-0.3, -0.25) is 9.59 Å². The van der Waals surface area contributed by atoms with Gasteiger partial charge in [0.05, 0.1) is 24.0 Å². The van der Waals surface area contributed by atoms with Crippen LogP contribution in [0.15, 0.2) is 46.4 Å². The Morgan fingerprint density at radius 3 is 1.76 bits per heavy atom. The van der Waals surface area contributed by atoms with Gasteiger partial charge in [-0.15, -0.1) is 0 Å². The predicted molar refractivity (Wildman–Crippen MR) is 199 cm³/mol. The first-order valence-corrected chi connectivity index (χ1v) is 21.7. The van der Waals surface area contributed by atoms with Crippen molar-refractivity contribution >= 4 is 33.3 Å². The molecular weight excluding hydrogens is 665 g/mol. The van der Waals surface area contributed by atoms with E-state index in [0.717, 1.165) is 103 Å². The van der Waals surface area contributed by atoms with Crippen LogP contribution < -0.4 is 0 Å². The zero-order valence-corrected chi connectivity index (χ0v) is 32.1. The molecular formula is C42H62O8S. The van der Waals surface area contributed by atoms with Gasteiger partial charge in [0.15, 0.2) is 11.6 Å². The highest BCUT2D eigenvalue weighted by Crippen LogP contribution is 2.51. The molecule has 0 amide bonds. The van der Waals surface area contributed by atoms with Gasteiger partial charge >= 0.3 is 11.9 Å². The van der Waals surface area contributed by atoms with Crippen LogP contribution in [-0.2, 0) is 38.5 Å². The second-order valence-electron chi connectivity index (χ2n) is 15.1. The molecule has 0 radical (unpaired) electrons. The van der Waals surface area contributed by atoms with E-state index in [1.807, 2.05) is 0 Å². The number of hydrogen-bond donors (Lipinski definition) is 0. The van der Waals surface area contributed by atoms with Crippen molar-refractivity contribution < 1.29 is 37.1 Å². The lowest BCUT2D eigenvalue weighted by molar-refractivity contribution is -0.157. The quantitative estimate of drug-likeness (QED) is 0.0565. The van der Waals surface area contributed by atoms with E-state index in [2.05, 4.69) is 13.8 Å². The Hall–Kier alpha value is -2.81. The maximum Gasteiger partial charge on any atom is 0.342 e. The van der Waals surface area contributed by atoms with E-state index < -0.39 is 55.8 Å². The van der Waals surface area contributed by atoms with Gasteiger partial charge in [-0.1, -0.05) is 135 Å². The number of rotatable bonds is 20. The molecule has 1 aromatic carbocycles. The molecule has 0 N–H and O–H groups in total. The second-order valence-corrected chi connectivity index (χ2v) is 17.2. The van der Waals surface area contributed by atoms with Gasteiger partial charge in [-0.25, -0.2) is 18.0 Å². The average molecular weight is 727 g/mol. The van der Waals surface area contributed by atoms with Crippen LogP contribution >= 0.6 is 0 Å². The zero-order chi connectivity index (χ0) is 36.7. The van der Waals surface area contributed by atoms with Crippen molar-refractivity contribution in [2.75, 3.05) is 13.2 Å². The van der Waals surface area contributed by atoms with E-state index in [9.17, 15) is 9.59 Å². The topological polar surface area (TPSA) is 121 Å². The molecule has 2 atom stereocenters. The van der Waals surface area contributed by atoms with E-state index in [1.165, 1.54) is 12.1 Å². The number of Topliss-reactive ketones (excluding diaryl/α,β-unsaturated/α-hetero) is 2. The van der Waals surface area contributed by atoms with E-state index in [4.69, 9.17) is 9.47 Å². The van der Waals surface area contributed by atoms with Crippen LogP contribution in [0.1, 0.15) is 155 Å². The summed E-state index contributed by atoms with van der Waals surface area (Å²) in [5.41, 5.74) is -0.452. The molecule has 2 saturated carbocycles. The van der Waals surface area contributed by atoms with Gasteiger partial charge in [-0.2, -0.15) is 0 Å². The van der Waals surface area contributed by atoms with E-state index in [1.54, 1.807) is 18.2 Å². The average Bonchev–Trinajstić information content (AvgIpc) is 3.15. The summed E-state index contributed by atoms with van der Waals surface area (Å²) >= 11 is 0. The SMILES string of the molecule is CCCCCCCCOC(=O)C1=C(C2CCCCC2)C(=O)C(C(=O)OCCCCCCCC)(S(=O)(=O)c2ccccc2)C(C2CCCCC2)C1=O. The van der Waals surface area contributed by atoms with E-state index in [0.29, 0.717) is 38.5 Å². The van der Waals surface area contributed by atoms with Crippen LogP contribution in [0.25, 0.3) is 0 Å². The van der Waals surface area contributed by atoms with Gasteiger partial charge in [0, 0.05) is 5.57 Å². The smallest absolute Gasteiger partial charge is 0.342 e. The van der Waals surface area contributed by atoms with Crippen LogP contribution in [0, 0.1) is 17.8 Å². The third-order valence-electron chi connectivity index (χ3n) is 11.4. The van der Waals surface area contributed by atoms with Crippen molar-refractivity contribution in [3.8, 4) is 0 Å². The largest absolute Gasteiger partial charge is 0.464 e. The number of unbranched alkanes of at least 4 members (excludes halogenated alkanes) is 10. The fourth-order valence-corrected chi connectivity index (χ4v) is 10.8. The molecule has 0 aliphatic heterocycles. The van der Waals surface area contributed by atoms with Gasteiger partial charge in [-0.05, 0) is 62.5 Å². The minimum absolute atomic E-state index is 0.0501. The zero-order valence-electron chi connectivity index (χ0n) is 31.3. The Morgan fingerprint density at radius 2 is 1.20 bits per heavy atom. The normalized spacial score (nSPS) is 22.3. The minimum atomic E-state index is -4.84. The number of ketones is 2. The van der Waals surface area contributed by atoms with Gasteiger partial charge < -0.3 is 9.47 Å². The minimum Gasteiger partial charge on any atom is -0.464 e. The first kappa shape index (κ1) is 41.0. The summed E-state index contributed by atoms with van der Waals surface area (Å²) in [5, 5.41) is 0. The maximum absolute atomic E-state index is 15.5. The molecule has 0 saturated heterocycles. The van der Waals surface area contributed by atoms with Crippen LogP contribution in [0.3, 0.4) is 0 Å². The molecule has 284 valence electrons. The number of carbonyl (C=O) groups is 4. The van der Waals surface area contributed by atoms with Crippen LogP contribution in [0.5, 0.6) is 0 Å². The lowest BCUT2D eigenvalue weighted by Crippen LogP contribution is -2.66. The molecule has 9 heteroatoms. The lowest BCUT2D eigenvalue weighted by Gasteiger charge is -2.45. The lowest BCUT2D eigenvalue weighted by atomic mass is 9.62. The summed E-state index contributed by atoms with van der Waals surface area (Å²) in [6, 6.07) is 7.52. The monoisotopic (exact) mass is 726 g/mol. The Balaban J connectivity index is 1.84. The number of carbonyl (C=O) groups excluding carboxylic acids is 4. The van der Waals surface area contributed by atoms with Crippen molar-refractivity contribution in [1.29, 1.82) is 0 Å². The number of benzene rings is 1. The molecule has 2 unspecified atom stereocenters. The molecule has 0 bridgehead atoms. The standard InChI is InChI=1S/C42H62O8S/c1-3-5-7-9-11-22-30-49-40(45)36-35(32-24-16-13-17-25-32)39(44)42(51(47,48)34-28-20-15-21-29-34,37(38(36)43)33-26-18-14-19-27-33)41(46)50-31-23-12-10-8-6-4-2/h15,20-21,28-29,32-33,37H,3-14,16-19,22-27,30-31H2,1-2H3. The second kappa shape index (κ2) is 20.4. The molecule has 3 aliphatic rings. The van der Waals surface area contributed by atoms with Crippen LogP contribution in [0.2, 0.25) is 0 Å². The Kier molecular flexibility index (Phi) is 16.4. The number of ether oxygens (including phenoxy) is 2. The Morgan fingerprint density at radius 1 is 0.686 bits per heavy atom. The fourth-order valence-electron chi connectivity index (χ4n) is 8.61. The number of esters is 2. The molecule has 0 heterocycles. The summed E-state index contributed by atoms with van der Waals surface area (Å²) in [4.78, 5) is 59.3. The van der Waals surface area contributed by atoms with Crippen molar-refractivity contribution in [2.24, 2.45) is 17.8 Å². The summed E-state index contributed by atoms with van der Waals surface area (Å²) in [5.74, 6) is -6.45. The molecule has 51 heavy (non-hydrogen) atoms. The first-order chi connectivity index (χ1) is 24.7. The third-order valence-corrected chi connectivity index (χ3v) is 13.7. The summed E-state index contributed by atoms with van der Waals surface area (Å²) < 4.78 is 39.1. The van der Waals surface area contributed by atoms with Gasteiger partial charge in [0.25, 0.3) is 0 Å². The highest BCUT2D eigenvalue weighted by Gasteiger charge is 2.71. The van der Waals surface area contributed by atoms with Gasteiger partial charge in [0.2, 0.25) is 14.6 Å². The molecule has 4 rings (SSSR count). The van der Waals surface area contributed by atoms with Crippen molar-refractivity contribution in [2.45, 2.75) is 165 Å². The highest BCUT2D eigenvalue weighted by atomic mass is 32.2. The summed E-state index contributed by atoms with van der Waals surface area (Å²) in [7, 11) is -4.84. The maximum atomic E-state index is 15.5. The molecule has 3 aliphatic carbocycles. The number of allylic oxidation sites excluding steroid dienone is 1. The molecule has 0 aromatic heterocycles. The van der Waals surface area contributed by atoms with Gasteiger partial charge in [0.1, 0.15) is 5.57 Å². The van der Waals surface area contributed by atoms with Crippen molar-refractivity contribution in [3.63, 3.8) is 0 Å². The molecule has 8 nitrogen and oxygen atoms in total. The first-order valence-electron chi connectivity index (χ1n) is 20.2. The highest BCUT2D eigenvalue weighted by molar-refractivity contribution is 7.94. The van der Waals surface area contributed by atoms with E-state index >= 15 is 18.0 Å². The van der Waals surface area contributed by atoms with Crippen LogP contribution in [0.4, 0.5) is 0 Å². The molecule has 1 aromatic rings. The molecule has 0 spiro atoms. The van der Waals surface area contributed by atoms with Crippen molar-refractivity contribution in [1.82, 2.24) is 0 Å². The molecule has 2 fully saturated rings. The third kappa shape index (κ3) is 9.60. The van der Waals surface area contributed by atoms with Crippen molar-refractivity contribution in [3.05, 3.63) is 41.5 Å². The predicted octanol–water partition coefficient (Wildman–Crippen LogP) is 9.23. The number of sulfone groups is 1. The van der Waals surface area contributed by atoms with Crippen LogP contribution in [-0.4, -0.2) is 49.9 Å². The fraction of sp³-hybridized carbons (Fsp3) is 0.714. The van der Waals surface area contributed by atoms with E-state index in [-0.39, 0.29) is 29.3 Å². The summed E-state index contributed by atoms with van der Waals surface area (Å²) in [6.07, 6.45) is 18.2. The Labute approximate surface area is 306 Å².